The fraction of sp³-hybridized carbons (Fsp3) is 0.176. The zero-order chi connectivity index (χ0) is 19.1. The number of hydrogen-bond acceptors (Lipinski definition) is 5. The van der Waals surface area contributed by atoms with Crippen molar-refractivity contribution in [3.63, 3.8) is 0 Å². The van der Waals surface area contributed by atoms with Gasteiger partial charge in [0.1, 0.15) is 11.8 Å². The van der Waals surface area contributed by atoms with Crippen molar-refractivity contribution in [1.29, 1.82) is 5.26 Å². The van der Waals surface area contributed by atoms with E-state index in [4.69, 9.17) is 22.0 Å². The molecule has 0 heterocycles. The minimum Gasteiger partial charge on any atom is -0.506 e. The predicted octanol–water partition coefficient (Wildman–Crippen LogP) is 3.29. The Kier molecular flexibility index (Phi) is 4.52. The van der Waals surface area contributed by atoms with E-state index < -0.39 is 21.7 Å². The molecule has 0 unspecified atom stereocenters. The van der Waals surface area contributed by atoms with E-state index in [1.807, 2.05) is 0 Å². The van der Waals surface area contributed by atoms with Gasteiger partial charge in [0.2, 0.25) is 0 Å². The minimum absolute atomic E-state index is 0.0103. The van der Waals surface area contributed by atoms with Crippen LogP contribution in [0, 0.1) is 11.3 Å². The topological polar surface area (TPSA) is 127 Å². The van der Waals surface area contributed by atoms with Gasteiger partial charge in [0.15, 0.2) is 0 Å². The SMILES string of the molecule is N#Cc1cc(NS(=O)(=O)c2cc(C(=O)O)ccc2C2CC2)c(O)cc1Cl. The molecular weight excluding hydrogens is 380 g/mol. The Morgan fingerprint density at radius 3 is 2.54 bits per heavy atom. The maximum absolute atomic E-state index is 12.8. The number of nitrogens with one attached hydrogen (secondary N) is 1. The van der Waals surface area contributed by atoms with Crippen LogP contribution in [0.15, 0.2) is 35.2 Å². The average Bonchev–Trinajstić information content (AvgIpc) is 3.41. The molecule has 134 valence electrons. The lowest BCUT2D eigenvalue weighted by molar-refractivity contribution is 0.0696. The molecule has 1 saturated carbocycles. The Bertz CT molecular complexity index is 1060. The summed E-state index contributed by atoms with van der Waals surface area (Å²) in [6, 6.07) is 7.93. The Labute approximate surface area is 154 Å². The van der Waals surface area contributed by atoms with Crippen LogP contribution in [0.3, 0.4) is 0 Å². The van der Waals surface area contributed by atoms with Gasteiger partial charge in [-0.25, -0.2) is 13.2 Å². The van der Waals surface area contributed by atoms with Crippen molar-refractivity contribution in [2.45, 2.75) is 23.7 Å². The molecule has 9 heteroatoms. The Hall–Kier alpha value is -2.76. The first-order valence-corrected chi connectivity index (χ1v) is 9.41. The van der Waals surface area contributed by atoms with Crippen LogP contribution in [0.25, 0.3) is 0 Å². The number of carboxylic acids is 1. The second kappa shape index (κ2) is 6.52. The molecule has 1 aliphatic rings. The quantitative estimate of drug-likeness (QED) is 0.670. The molecule has 3 rings (SSSR count). The van der Waals surface area contributed by atoms with Crippen molar-refractivity contribution in [3.05, 3.63) is 52.0 Å². The van der Waals surface area contributed by atoms with Crippen LogP contribution >= 0.6 is 11.6 Å². The molecule has 1 aliphatic carbocycles. The number of aromatic carboxylic acids is 1. The summed E-state index contributed by atoms with van der Waals surface area (Å²) in [5, 5.41) is 28.1. The summed E-state index contributed by atoms with van der Waals surface area (Å²) in [5.41, 5.74) is 0.140. The van der Waals surface area contributed by atoms with Gasteiger partial charge >= 0.3 is 5.97 Å². The largest absolute Gasteiger partial charge is 0.506 e. The van der Waals surface area contributed by atoms with Crippen LogP contribution in [-0.2, 0) is 10.0 Å². The van der Waals surface area contributed by atoms with Gasteiger partial charge in [-0.1, -0.05) is 17.7 Å². The third-order valence-corrected chi connectivity index (χ3v) is 5.75. The van der Waals surface area contributed by atoms with Crippen LogP contribution in [0.4, 0.5) is 5.69 Å². The summed E-state index contributed by atoms with van der Waals surface area (Å²) in [7, 11) is -4.19. The molecule has 0 spiro atoms. The molecule has 2 aromatic carbocycles. The molecule has 0 amide bonds. The lowest BCUT2D eigenvalue weighted by Crippen LogP contribution is -2.16. The van der Waals surface area contributed by atoms with E-state index >= 15 is 0 Å². The molecule has 0 aromatic heterocycles. The summed E-state index contributed by atoms with van der Waals surface area (Å²) in [4.78, 5) is 11.0. The van der Waals surface area contributed by atoms with Crippen molar-refractivity contribution in [2.75, 3.05) is 4.72 Å². The zero-order valence-electron chi connectivity index (χ0n) is 13.2. The van der Waals surface area contributed by atoms with E-state index in [0.29, 0.717) is 5.56 Å². The number of halogens is 1. The third-order valence-electron chi connectivity index (χ3n) is 4.02. The van der Waals surface area contributed by atoms with E-state index in [9.17, 15) is 18.3 Å². The number of nitriles is 1. The van der Waals surface area contributed by atoms with Crippen molar-refractivity contribution < 1.29 is 23.4 Å². The first kappa shape index (κ1) is 18.0. The standard InChI is InChI=1S/C17H13ClN2O5S/c18-13-7-15(21)14(5-11(13)8-19)20-26(24,25)16-6-10(17(22)23)3-4-12(16)9-1-2-9/h3-7,9,20-21H,1-2H2,(H,22,23). The number of sulfonamides is 1. The van der Waals surface area contributed by atoms with E-state index in [1.54, 1.807) is 6.07 Å². The highest BCUT2D eigenvalue weighted by atomic mass is 35.5. The van der Waals surface area contributed by atoms with E-state index in [1.165, 1.54) is 12.1 Å². The highest BCUT2D eigenvalue weighted by Gasteiger charge is 2.31. The molecule has 0 radical (unpaired) electrons. The van der Waals surface area contributed by atoms with Gasteiger partial charge in [-0.2, -0.15) is 5.26 Å². The molecular formula is C17H13ClN2O5S. The number of rotatable bonds is 5. The highest BCUT2D eigenvalue weighted by Crippen LogP contribution is 2.43. The summed E-state index contributed by atoms with van der Waals surface area (Å²) in [5.74, 6) is -1.64. The molecule has 0 aliphatic heterocycles. The predicted molar refractivity (Wildman–Crippen MR) is 94.0 cm³/mol. The number of benzene rings is 2. The monoisotopic (exact) mass is 392 g/mol. The lowest BCUT2D eigenvalue weighted by atomic mass is 10.1. The normalized spacial score (nSPS) is 13.8. The number of phenolic OH excluding ortho intramolecular Hbond substituents is 1. The number of carbonyl (C=O) groups is 1. The van der Waals surface area contributed by atoms with Crippen LogP contribution in [-0.4, -0.2) is 24.6 Å². The maximum atomic E-state index is 12.8. The molecule has 2 aromatic rings. The van der Waals surface area contributed by atoms with Crippen LogP contribution in [0.1, 0.15) is 40.2 Å². The van der Waals surface area contributed by atoms with Gasteiger partial charge in [0.05, 0.1) is 26.7 Å². The van der Waals surface area contributed by atoms with Gasteiger partial charge < -0.3 is 10.2 Å². The van der Waals surface area contributed by atoms with Crippen molar-refractivity contribution in [2.24, 2.45) is 0 Å². The highest BCUT2D eigenvalue weighted by molar-refractivity contribution is 7.92. The number of anilines is 1. The van der Waals surface area contributed by atoms with E-state index in [-0.39, 0.29) is 32.7 Å². The molecule has 0 atom stereocenters. The molecule has 0 bridgehead atoms. The average molecular weight is 393 g/mol. The van der Waals surface area contributed by atoms with E-state index in [2.05, 4.69) is 4.72 Å². The number of nitrogens with zero attached hydrogens (tertiary/aromatic N) is 1. The van der Waals surface area contributed by atoms with E-state index in [0.717, 1.165) is 31.0 Å². The molecule has 3 N–H and O–H groups in total. The summed E-state index contributed by atoms with van der Waals surface area (Å²) in [6.07, 6.45) is 1.64. The zero-order valence-corrected chi connectivity index (χ0v) is 14.8. The van der Waals surface area contributed by atoms with Crippen LogP contribution < -0.4 is 4.72 Å². The summed E-state index contributed by atoms with van der Waals surface area (Å²) in [6.45, 7) is 0. The second-order valence-electron chi connectivity index (χ2n) is 5.90. The summed E-state index contributed by atoms with van der Waals surface area (Å²) < 4.78 is 27.9. The lowest BCUT2D eigenvalue weighted by Gasteiger charge is -2.14. The Balaban J connectivity index is 2.08. The van der Waals surface area contributed by atoms with Crippen molar-refractivity contribution in [1.82, 2.24) is 0 Å². The van der Waals surface area contributed by atoms with Crippen LogP contribution in [0.2, 0.25) is 5.02 Å². The fourth-order valence-corrected chi connectivity index (χ4v) is 4.15. The van der Waals surface area contributed by atoms with Gasteiger partial charge in [0, 0.05) is 6.07 Å². The summed E-state index contributed by atoms with van der Waals surface area (Å²) >= 11 is 5.80. The molecule has 1 fully saturated rings. The Morgan fingerprint density at radius 2 is 1.96 bits per heavy atom. The first-order chi connectivity index (χ1) is 12.2. The molecule has 0 saturated heterocycles. The number of carboxylic acid groups (broad SMARTS) is 1. The van der Waals surface area contributed by atoms with Crippen LogP contribution in [0.5, 0.6) is 5.75 Å². The molecule has 26 heavy (non-hydrogen) atoms. The van der Waals surface area contributed by atoms with Gasteiger partial charge in [0.25, 0.3) is 10.0 Å². The second-order valence-corrected chi connectivity index (χ2v) is 7.96. The Morgan fingerprint density at radius 1 is 1.27 bits per heavy atom. The van der Waals surface area contributed by atoms with Gasteiger partial charge in [-0.15, -0.1) is 0 Å². The number of aromatic hydroxyl groups is 1. The third kappa shape index (κ3) is 3.45. The minimum atomic E-state index is -4.19. The van der Waals surface area contributed by atoms with Gasteiger partial charge in [-0.3, -0.25) is 4.72 Å². The first-order valence-electron chi connectivity index (χ1n) is 7.55. The number of phenols is 1. The van der Waals surface area contributed by atoms with Crippen molar-refractivity contribution in [3.8, 4) is 11.8 Å². The van der Waals surface area contributed by atoms with Crippen molar-refractivity contribution >= 4 is 33.3 Å². The van der Waals surface area contributed by atoms with Gasteiger partial charge in [-0.05, 0) is 42.5 Å². The number of hydrogen-bond donors (Lipinski definition) is 3. The fourth-order valence-electron chi connectivity index (χ4n) is 2.56. The molecule has 7 nitrogen and oxygen atoms in total. The smallest absolute Gasteiger partial charge is 0.335 e. The maximum Gasteiger partial charge on any atom is 0.335 e.